The summed E-state index contributed by atoms with van der Waals surface area (Å²) in [5.41, 5.74) is 0.546. The van der Waals surface area contributed by atoms with Gasteiger partial charge in [0.05, 0.1) is 5.76 Å². The third-order valence-corrected chi connectivity index (χ3v) is 1.44. The van der Waals surface area contributed by atoms with E-state index in [9.17, 15) is 4.79 Å². The van der Waals surface area contributed by atoms with Crippen LogP contribution in [0.3, 0.4) is 0 Å². The van der Waals surface area contributed by atoms with Crippen LogP contribution in [0.2, 0.25) is 0 Å². The average Bonchev–Trinajstić information content (AvgIpc) is 2.25. The second kappa shape index (κ2) is 4.09. The highest BCUT2D eigenvalue weighted by molar-refractivity contribution is 5.97. The van der Waals surface area contributed by atoms with E-state index in [1.807, 2.05) is 13.8 Å². The van der Waals surface area contributed by atoms with Gasteiger partial charge in [0.15, 0.2) is 5.78 Å². The first kappa shape index (κ1) is 9.21. The van der Waals surface area contributed by atoms with E-state index in [-0.39, 0.29) is 11.5 Å². The Morgan fingerprint density at radius 3 is 1.90 bits per heavy atom. The summed E-state index contributed by atoms with van der Waals surface area (Å²) in [6.45, 7) is 5.66. The molecule has 0 atom stereocenters. The fourth-order valence-electron chi connectivity index (χ4n) is 0.768. The Labute approximate surface area is 61.6 Å². The Morgan fingerprint density at radius 1 is 1.30 bits per heavy atom. The number of aliphatic hydroxyl groups is 1. The lowest BCUT2D eigenvalue weighted by Gasteiger charge is -1.85. The molecule has 0 aromatic rings. The number of carbonyl (C=O) groups is 1. The van der Waals surface area contributed by atoms with Gasteiger partial charge >= 0.3 is 0 Å². The first-order valence-corrected chi connectivity index (χ1v) is 3.63. The molecule has 0 saturated carbocycles. The van der Waals surface area contributed by atoms with Gasteiger partial charge in [0, 0.05) is 18.4 Å². The minimum absolute atomic E-state index is 0.0856. The zero-order valence-electron chi connectivity index (χ0n) is 6.77. The Kier molecular flexibility index (Phi) is 3.77. The average molecular weight is 142 g/mol. The van der Waals surface area contributed by atoms with E-state index in [2.05, 4.69) is 0 Å². The van der Waals surface area contributed by atoms with Crippen molar-refractivity contribution in [1.82, 2.24) is 0 Å². The molecular weight excluding hydrogens is 128 g/mol. The van der Waals surface area contributed by atoms with Gasteiger partial charge < -0.3 is 5.11 Å². The van der Waals surface area contributed by atoms with E-state index in [0.29, 0.717) is 18.4 Å². The Hall–Kier alpha value is -0.790. The molecule has 0 unspecified atom stereocenters. The minimum atomic E-state index is 0.0856. The van der Waals surface area contributed by atoms with Crippen LogP contribution in [-0.2, 0) is 4.79 Å². The van der Waals surface area contributed by atoms with Gasteiger partial charge in [0.1, 0.15) is 0 Å². The maximum absolute atomic E-state index is 10.6. The molecule has 2 heteroatoms. The van der Waals surface area contributed by atoms with E-state index in [0.717, 1.165) is 0 Å². The summed E-state index contributed by atoms with van der Waals surface area (Å²) in [5.74, 6) is 0.359. The summed E-state index contributed by atoms with van der Waals surface area (Å²) in [6.07, 6.45) is 1.04. The van der Waals surface area contributed by atoms with Crippen molar-refractivity contribution in [2.24, 2.45) is 0 Å². The lowest BCUT2D eigenvalue weighted by Crippen LogP contribution is -1.89. The third-order valence-electron chi connectivity index (χ3n) is 1.44. The number of carbonyl (C=O) groups excluding carboxylic acids is 1. The number of Topliss-reactive ketones (excluding diaryl/α,β-unsaturated/α-hetero) is 1. The Balaban J connectivity index is 0.000000371. The fraction of sp³-hybridized carbons (Fsp3) is 0.625. The number of aliphatic hydroxyl groups excluding tert-OH is 1. The monoisotopic (exact) mass is 142 g/mol. The number of rotatable bonds is 0. The van der Waals surface area contributed by atoms with Crippen LogP contribution in [0.5, 0.6) is 0 Å². The van der Waals surface area contributed by atoms with Gasteiger partial charge in [-0.1, -0.05) is 13.8 Å². The van der Waals surface area contributed by atoms with Gasteiger partial charge in [0.25, 0.3) is 0 Å². The van der Waals surface area contributed by atoms with Gasteiger partial charge in [-0.15, -0.1) is 0 Å². The first-order valence-electron chi connectivity index (χ1n) is 3.63. The van der Waals surface area contributed by atoms with Crippen LogP contribution in [0.4, 0.5) is 0 Å². The van der Waals surface area contributed by atoms with Crippen molar-refractivity contribution in [3.63, 3.8) is 0 Å². The molecule has 0 aliphatic heterocycles. The molecule has 0 heterocycles. The van der Waals surface area contributed by atoms with Crippen molar-refractivity contribution in [1.29, 1.82) is 0 Å². The summed E-state index contributed by atoms with van der Waals surface area (Å²) < 4.78 is 0. The maximum atomic E-state index is 10.6. The molecule has 1 N–H and O–H groups in total. The second-order valence-corrected chi connectivity index (χ2v) is 1.99. The van der Waals surface area contributed by atoms with Crippen LogP contribution in [0.1, 0.15) is 33.6 Å². The standard InChI is InChI=1S/C6H8O2.C2H6/c1-4-5(7)2-3-6(4)8;1-2/h7H,2-3H2,1H3;1-2H3. The lowest BCUT2D eigenvalue weighted by molar-refractivity contribution is -0.114. The van der Waals surface area contributed by atoms with Gasteiger partial charge in [-0.25, -0.2) is 0 Å². The Morgan fingerprint density at radius 2 is 1.80 bits per heavy atom. The Bertz CT molecular complexity index is 157. The van der Waals surface area contributed by atoms with Crippen LogP contribution in [-0.4, -0.2) is 10.9 Å². The van der Waals surface area contributed by atoms with E-state index >= 15 is 0 Å². The molecule has 0 bridgehead atoms. The summed E-state index contributed by atoms with van der Waals surface area (Å²) in [4.78, 5) is 10.6. The topological polar surface area (TPSA) is 37.3 Å². The van der Waals surface area contributed by atoms with Crippen LogP contribution in [0.25, 0.3) is 0 Å². The third kappa shape index (κ3) is 1.87. The van der Waals surface area contributed by atoms with Crippen molar-refractivity contribution in [3.05, 3.63) is 11.3 Å². The molecule has 1 aliphatic rings. The molecule has 0 saturated heterocycles. The molecule has 0 fully saturated rings. The molecular formula is C8H14O2. The lowest BCUT2D eigenvalue weighted by atomic mass is 10.2. The van der Waals surface area contributed by atoms with Crippen molar-refractivity contribution < 1.29 is 9.90 Å². The summed E-state index contributed by atoms with van der Waals surface area (Å²) in [6, 6.07) is 0. The SMILES string of the molecule is CC.CC1=C(O)CCC1=O. The van der Waals surface area contributed by atoms with Gasteiger partial charge in [-0.2, -0.15) is 0 Å². The number of hydrogen-bond acceptors (Lipinski definition) is 2. The number of hydrogen-bond donors (Lipinski definition) is 1. The fourth-order valence-corrected chi connectivity index (χ4v) is 0.768. The zero-order valence-corrected chi connectivity index (χ0v) is 6.77. The number of allylic oxidation sites excluding steroid dienone is 2. The number of ketones is 1. The van der Waals surface area contributed by atoms with Gasteiger partial charge in [-0.05, 0) is 6.92 Å². The second-order valence-electron chi connectivity index (χ2n) is 1.99. The predicted molar refractivity (Wildman–Crippen MR) is 40.9 cm³/mol. The smallest absolute Gasteiger partial charge is 0.162 e. The summed E-state index contributed by atoms with van der Waals surface area (Å²) in [5, 5.41) is 8.83. The molecule has 10 heavy (non-hydrogen) atoms. The molecule has 58 valence electrons. The molecule has 0 amide bonds. The van der Waals surface area contributed by atoms with E-state index < -0.39 is 0 Å². The van der Waals surface area contributed by atoms with E-state index in [4.69, 9.17) is 5.11 Å². The molecule has 1 rings (SSSR count). The zero-order chi connectivity index (χ0) is 8.15. The molecule has 2 nitrogen and oxygen atoms in total. The predicted octanol–water partition coefficient (Wildman–Crippen LogP) is 2.21. The molecule has 0 radical (unpaired) electrons. The van der Waals surface area contributed by atoms with Crippen LogP contribution in [0, 0.1) is 0 Å². The normalized spacial score (nSPS) is 16.9. The van der Waals surface area contributed by atoms with Crippen LogP contribution >= 0.6 is 0 Å². The highest BCUT2D eigenvalue weighted by Gasteiger charge is 2.17. The summed E-state index contributed by atoms with van der Waals surface area (Å²) >= 11 is 0. The molecule has 0 spiro atoms. The van der Waals surface area contributed by atoms with Crippen LogP contribution in [0.15, 0.2) is 11.3 Å². The van der Waals surface area contributed by atoms with Crippen molar-refractivity contribution >= 4 is 5.78 Å². The van der Waals surface area contributed by atoms with Crippen molar-refractivity contribution in [3.8, 4) is 0 Å². The maximum Gasteiger partial charge on any atom is 0.162 e. The van der Waals surface area contributed by atoms with E-state index in [1.165, 1.54) is 0 Å². The minimum Gasteiger partial charge on any atom is -0.512 e. The van der Waals surface area contributed by atoms with Crippen LogP contribution < -0.4 is 0 Å². The summed E-state index contributed by atoms with van der Waals surface area (Å²) in [7, 11) is 0. The highest BCUT2D eigenvalue weighted by atomic mass is 16.3. The highest BCUT2D eigenvalue weighted by Crippen LogP contribution is 2.18. The van der Waals surface area contributed by atoms with Gasteiger partial charge in [-0.3, -0.25) is 4.79 Å². The molecule has 0 aromatic carbocycles. The van der Waals surface area contributed by atoms with Crippen molar-refractivity contribution in [2.45, 2.75) is 33.6 Å². The molecule has 1 aliphatic carbocycles. The largest absolute Gasteiger partial charge is 0.512 e. The van der Waals surface area contributed by atoms with Crippen molar-refractivity contribution in [2.75, 3.05) is 0 Å². The first-order chi connectivity index (χ1) is 4.72. The molecule has 0 aromatic heterocycles. The quantitative estimate of drug-likeness (QED) is 0.563. The van der Waals surface area contributed by atoms with E-state index in [1.54, 1.807) is 6.92 Å². The van der Waals surface area contributed by atoms with Gasteiger partial charge in [0.2, 0.25) is 0 Å².